The molecule has 1 aliphatic rings. The number of amides is 1. The summed E-state index contributed by atoms with van der Waals surface area (Å²) in [5.41, 5.74) is 5.59. The smallest absolute Gasteiger partial charge is 0.227 e. The van der Waals surface area contributed by atoms with Crippen molar-refractivity contribution in [3.63, 3.8) is 0 Å². The van der Waals surface area contributed by atoms with Crippen LogP contribution in [0.25, 0.3) is 32.0 Å². The van der Waals surface area contributed by atoms with Crippen molar-refractivity contribution in [3.05, 3.63) is 90.2 Å². The van der Waals surface area contributed by atoms with Crippen LogP contribution in [0, 0.1) is 18.7 Å². The number of carbonyl (C=O) groups is 1. The molecule has 1 aliphatic heterocycles. The average molecular weight is 524 g/mol. The third kappa shape index (κ3) is 5.13. The highest BCUT2D eigenvalue weighted by atomic mass is 32.1. The summed E-state index contributed by atoms with van der Waals surface area (Å²) in [6.07, 6.45) is 1.49. The first-order valence-electron chi connectivity index (χ1n) is 12.6. The van der Waals surface area contributed by atoms with Gasteiger partial charge in [0.1, 0.15) is 10.8 Å². The minimum absolute atomic E-state index is 0.0469. The maximum atomic E-state index is 13.2. The Hall–Kier alpha value is -4.17. The van der Waals surface area contributed by atoms with E-state index < -0.39 is 0 Å². The van der Waals surface area contributed by atoms with Gasteiger partial charge >= 0.3 is 0 Å². The van der Waals surface area contributed by atoms with Crippen LogP contribution in [-0.4, -0.2) is 34.2 Å². The molecule has 3 heterocycles. The van der Waals surface area contributed by atoms with Gasteiger partial charge in [-0.05, 0) is 98.1 Å². The molecule has 0 bridgehead atoms. The number of carbonyl (C=O) groups excluding carboxylic acids is 1. The van der Waals surface area contributed by atoms with Gasteiger partial charge in [-0.1, -0.05) is 6.07 Å². The van der Waals surface area contributed by atoms with Crippen molar-refractivity contribution in [2.45, 2.75) is 19.8 Å². The van der Waals surface area contributed by atoms with Gasteiger partial charge in [-0.2, -0.15) is 0 Å². The second-order valence-electron chi connectivity index (χ2n) is 9.60. The van der Waals surface area contributed by atoms with Crippen molar-refractivity contribution in [1.82, 2.24) is 15.2 Å². The number of rotatable bonds is 5. The largest absolute Gasteiger partial charge is 0.355 e. The van der Waals surface area contributed by atoms with Crippen molar-refractivity contribution < 1.29 is 9.18 Å². The fraction of sp³-hybridized carbons (Fsp3) is 0.200. The SMILES string of the molecule is Cc1ccc2nc(-c3ccc(NC(=O)C4CCN(c5ccc(-c6ccc(F)cc6)nn5)CC4)cc3)sc2c1. The van der Waals surface area contributed by atoms with Crippen molar-refractivity contribution in [2.24, 2.45) is 5.92 Å². The van der Waals surface area contributed by atoms with Gasteiger partial charge in [-0.3, -0.25) is 4.79 Å². The van der Waals surface area contributed by atoms with Crippen LogP contribution in [0.15, 0.2) is 78.9 Å². The maximum absolute atomic E-state index is 13.2. The Morgan fingerprint density at radius 1 is 0.921 bits per heavy atom. The summed E-state index contributed by atoms with van der Waals surface area (Å²) in [6.45, 7) is 3.56. The van der Waals surface area contributed by atoms with Crippen LogP contribution in [0.5, 0.6) is 0 Å². The monoisotopic (exact) mass is 523 g/mol. The van der Waals surface area contributed by atoms with E-state index >= 15 is 0 Å². The molecule has 6 nitrogen and oxygen atoms in total. The normalized spacial score (nSPS) is 14.1. The zero-order valence-electron chi connectivity index (χ0n) is 20.9. The van der Waals surface area contributed by atoms with E-state index in [0.29, 0.717) is 5.69 Å². The van der Waals surface area contributed by atoms with Crippen molar-refractivity contribution in [2.75, 3.05) is 23.3 Å². The van der Waals surface area contributed by atoms with E-state index in [0.717, 1.165) is 59.1 Å². The lowest BCUT2D eigenvalue weighted by Gasteiger charge is -2.31. The number of benzene rings is 3. The van der Waals surface area contributed by atoms with Crippen molar-refractivity contribution >= 4 is 39.0 Å². The third-order valence-electron chi connectivity index (χ3n) is 6.92. The van der Waals surface area contributed by atoms with Crippen LogP contribution in [0.4, 0.5) is 15.9 Å². The summed E-state index contributed by atoms with van der Waals surface area (Å²) in [5, 5.41) is 12.7. The number of hydrogen-bond donors (Lipinski definition) is 1. The van der Waals surface area contributed by atoms with Crippen LogP contribution in [0.1, 0.15) is 18.4 Å². The van der Waals surface area contributed by atoms with E-state index in [9.17, 15) is 9.18 Å². The Balaban J connectivity index is 1.04. The van der Waals surface area contributed by atoms with E-state index in [-0.39, 0.29) is 17.6 Å². The first kappa shape index (κ1) is 24.2. The van der Waals surface area contributed by atoms with Gasteiger partial charge in [-0.15, -0.1) is 21.5 Å². The molecule has 0 aliphatic carbocycles. The zero-order valence-corrected chi connectivity index (χ0v) is 21.7. The van der Waals surface area contributed by atoms with E-state index in [1.807, 2.05) is 36.4 Å². The Morgan fingerprint density at radius 3 is 2.37 bits per heavy atom. The molecule has 1 amide bonds. The van der Waals surface area contributed by atoms with Gasteiger partial charge in [0.25, 0.3) is 0 Å². The molecule has 8 heteroatoms. The minimum Gasteiger partial charge on any atom is -0.355 e. The molecule has 0 unspecified atom stereocenters. The Bertz CT molecular complexity index is 1570. The van der Waals surface area contributed by atoms with E-state index in [4.69, 9.17) is 4.98 Å². The summed E-state index contributed by atoms with van der Waals surface area (Å²) in [5.74, 6) is 0.507. The predicted octanol–water partition coefficient (Wildman–Crippen LogP) is 6.72. The first-order chi connectivity index (χ1) is 18.5. The van der Waals surface area contributed by atoms with E-state index in [2.05, 4.69) is 45.5 Å². The minimum atomic E-state index is -0.276. The maximum Gasteiger partial charge on any atom is 0.227 e. The topological polar surface area (TPSA) is 71.0 Å². The molecular weight excluding hydrogens is 497 g/mol. The number of fused-ring (bicyclic) bond motifs is 1. The molecule has 0 spiro atoms. The summed E-state index contributed by atoms with van der Waals surface area (Å²) >= 11 is 1.68. The summed E-state index contributed by atoms with van der Waals surface area (Å²) < 4.78 is 14.3. The molecular formula is C30H26FN5OS. The number of piperidine rings is 1. The van der Waals surface area contributed by atoms with Crippen molar-refractivity contribution in [3.8, 4) is 21.8 Å². The van der Waals surface area contributed by atoms with Gasteiger partial charge in [0.2, 0.25) is 5.91 Å². The number of aryl methyl sites for hydroxylation is 1. The van der Waals surface area contributed by atoms with Crippen LogP contribution >= 0.6 is 11.3 Å². The fourth-order valence-corrected chi connectivity index (χ4v) is 5.80. The van der Waals surface area contributed by atoms with Crippen LogP contribution < -0.4 is 10.2 Å². The number of nitrogens with zero attached hydrogens (tertiary/aromatic N) is 4. The van der Waals surface area contributed by atoms with Gasteiger partial charge < -0.3 is 10.2 Å². The molecule has 1 fully saturated rings. The number of hydrogen-bond acceptors (Lipinski definition) is 6. The molecule has 3 aromatic carbocycles. The number of anilines is 2. The molecule has 0 saturated carbocycles. The number of nitrogens with one attached hydrogen (secondary N) is 1. The molecule has 0 atom stereocenters. The second-order valence-corrected chi connectivity index (χ2v) is 10.6. The molecule has 6 rings (SSSR count). The lowest BCUT2D eigenvalue weighted by atomic mass is 9.95. The Labute approximate surface area is 224 Å². The molecule has 190 valence electrons. The molecule has 0 radical (unpaired) electrons. The standard InChI is InChI=1S/C30H26FN5OS/c1-19-2-11-26-27(18-19)38-30(33-26)22-5-9-24(10-6-22)32-29(37)21-14-16-36(17-15-21)28-13-12-25(34-35-28)20-3-7-23(31)8-4-20/h2-13,18,21H,14-17H2,1H3,(H,32,37). The number of thiazole rings is 1. The second kappa shape index (κ2) is 10.3. The predicted molar refractivity (Wildman–Crippen MR) is 151 cm³/mol. The zero-order chi connectivity index (χ0) is 26.1. The lowest BCUT2D eigenvalue weighted by Crippen LogP contribution is -2.38. The first-order valence-corrected chi connectivity index (χ1v) is 13.5. The Morgan fingerprint density at radius 2 is 1.66 bits per heavy atom. The third-order valence-corrected chi connectivity index (χ3v) is 7.99. The summed E-state index contributed by atoms with van der Waals surface area (Å²) in [4.78, 5) is 19.8. The number of aromatic nitrogens is 3. The van der Waals surface area contributed by atoms with Gasteiger partial charge in [0, 0.05) is 35.8 Å². The van der Waals surface area contributed by atoms with E-state index in [1.54, 1.807) is 23.5 Å². The Kier molecular flexibility index (Phi) is 6.55. The summed E-state index contributed by atoms with van der Waals surface area (Å²) in [7, 11) is 0. The molecule has 1 saturated heterocycles. The summed E-state index contributed by atoms with van der Waals surface area (Å²) in [6, 6.07) is 24.2. The van der Waals surface area contributed by atoms with Crippen LogP contribution in [0.2, 0.25) is 0 Å². The highest BCUT2D eigenvalue weighted by Gasteiger charge is 2.26. The van der Waals surface area contributed by atoms with Crippen molar-refractivity contribution in [1.29, 1.82) is 0 Å². The molecule has 2 aromatic heterocycles. The van der Waals surface area contributed by atoms with Gasteiger partial charge in [-0.25, -0.2) is 9.37 Å². The highest BCUT2D eigenvalue weighted by molar-refractivity contribution is 7.21. The molecule has 5 aromatic rings. The number of halogens is 1. The molecule has 1 N–H and O–H groups in total. The van der Waals surface area contributed by atoms with Gasteiger partial charge in [0.05, 0.1) is 15.9 Å². The van der Waals surface area contributed by atoms with Gasteiger partial charge in [0.15, 0.2) is 5.82 Å². The quantitative estimate of drug-likeness (QED) is 0.277. The lowest BCUT2D eigenvalue weighted by molar-refractivity contribution is -0.120. The van der Waals surface area contributed by atoms with Crippen LogP contribution in [-0.2, 0) is 4.79 Å². The fourth-order valence-electron chi connectivity index (χ4n) is 4.74. The molecule has 38 heavy (non-hydrogen) atoms. The highest BCUT2D eigenvalue weighted by Crippen LogP contribution is 2.31. The van der Waals surface area contributed by atoms with Crippen LogP contribution in [0.3, 0.4) is 0 Å². The average Bonchev–Trinajstić information content (AvgIpc) is 3.37. The van der Waals surface area contributed by atoms with E-state index in [1.165, 1.54) is 22.4 Å².